The minimum Gasteiger partial charge on any atom is -0.377 e. The van der Waals surface area contributed by atoms with Gasteiger partial charge in [0, 0.05) is 6.61 Å². The Morgan fingerprint density at radius 1 is 1.27 bits per heavy atom. The number of ether oxygens (including phenoxy) is 1. The smallest absolute Gasteiger partial charge is 0.0647 e. The highest BCUT2D eigenvalue weighted by Gasteiger charge is 1.84. The van der Waals surface area contributed by atoms with Crippen molar-refractivity contribution >= 4 is 0 Å². The molecule has 0 spiro atoms. The van der Waals surface area contributed by atoms with E-state index in [4.69, 9.17) is 4.74 Å². The van der Waals surface area contributed by atoms with E-state index in [2.05, 4.69) is 26.0 Å². The molecular weight excluding hydrogens is 136 g/mol. The van der Waals surface area contributed by atoms with Crippen LogP contribution < -0.4 is 0 Å². The van der Waals surface area contributed by atoms with E-state index in [0.29, 0.717) is 0 Å². The average Bonchev–Trinajstić information content (AvgIpc) is 2.03. The van der Waals surface area contributed by atoms with Crippen LogP contribution in [0.1, 0.15) is 32.6 Å². The van der Waals surface area contributed by atoms with Gasteiger partial charge in [0.2, 0.25) is 0 Å². The topological polar surface area (TPSA) is 9.23 Å². The van der Waals surface area contributed by atoms with Gasteiger partial charge in [-0.05, 0) is 12.8 Å². The van der Waals surface area contributed by atoms with E-state index in [1.165, 1.54) is 6.42 Å². The second-order valence-corrected chi connectivity index (χ2v) is 2.52. The van der Waals surface area contributed by atoms with Crippen LogP contribution in [0.2, 0.25) is 0 Å². The Hall–Kier alpha value is -0.300. The highest BCUT2D eigenvalue weighted by molar-refractivity contribution is 4.79. The average molecular weight is 155 g/mol. The third-order valence-corrected chi connectivity index (χ3v) is 1.41. The van der Waals surface area contributed by atoms with Crippen molar-refractivity contribution in [1.29, 1.82) is 0 Å². The molecule has 65 valence electrons. The molecule has 1 heteroatoms. The van der Waals surface area contributed by atoms with Crippen LogP contribution in [0.5, 0.6) is 0 Å². The second kappa shape index (κ2) is 9.70. The van der Waals surface area contributed by atoms with Crippen LogP contribution in [0.25, 0.3) is 0 Å². The van der Waals surface area contributed by atoms with Crippen LogP contribution in [0, 0.1) is 6.92 Å². The van der Waals surface area contributed by atoms with E-state index < -0.39 is 0 Å². The summed E-state index contributed by atoms with van der Waals surface area (Å²) in [5.74, 6) is 0. The summed E-state index contributed by atoms with van der Waals surface area (Å²) in [6.07, 6.45) is 8.64. The van der Waals surface area contributed by atoms with Gasteiger partial charge in [-0.1, -0.05) is 38.8 Å². The number of hydrogen-bond donors (Lipinski definition) is 0. The Morgan fingerprint density at radius 2 is 2.09 bits per heavy atom. The SMILES string of the molecule is [CH2]CCCCOCC=CCC. The van der Waals surface area contributed by atoms with Gasteiger partial charge >= 0.3 is 0 Å². The van der Waals surface area contributed by atoms with Gasteiger partial charge in [-0.15, -0.1) is 0 Å². The van der Waals surface area contributed by atoms with Crippen molar-refractivity contribution in [3.8, 4) is 0 Å². The maximum atomic E-state index is 5.32. The fraction of sp³-hybridized carbons (Fsp3) is 0.700. The minimum absolute atomic E-state index is 0.769. The summed E-state index contributed by atoms with van der Waals surface area (Å²) in [6.45, 7) is 7.54. The lowest BCUT2D eigenvalue weighted by molar-refractivity contribution is 0.158. The molecule has 0 saturated heterocycles. The summed E-state index contributed by atoms with van der Waals surface area (Å²) in [5.41, 5.74) is 0. The molecule has 0 aromatic carbocycles. The molecule has 0 fully saturated rings. The van der Waals surface area contributed by atoms with Crippen LogP contribution in [0.4, 0.5) is 0 Å². The highest BCUT2D eigenvalue weighted by Crippen LogP contribution is 1.93. The van der Waals surface area contributed by atoms with E-state index in [9.17, 15) is 0 Å². The Labute approximate surface area is 70.4 Å². The van der Waals surface area contributed by atoms with Gasteiger partial charge in [-0.2, -0.15) is 0 Å². The van der Waals surface area contributed by atoms with Crippen molar-refractivity contribution < 1.29 is 4.74 Å². The van der Waals surface area contributed by atoms with Gasteiger partial charge in [0.15, 0.2) is 0 Å². The first-order chi connectivity index (χ1) is 5.41. The van der Waals surface area contributed by atoms with Crippen molar-refractivity contribution in [2.45, 2.75) is 32.6 Å². The van der Waals surface area contributed by atoms with Gasteiger partial charge in [0.1, 0.15) is 0 Å². The van der Waals surface area contributed by atoms with Crippen molar-refractivity contribution in [3.05, 3.63) is 19.1 Å². The number of allylic oxidation sites excluding steroid dienone is 1. The zero-order chi connectivity index (χ0) is 8.36. The molecule has 0 aromatic rings. The lowest BCUT2D eigenvalue weighted by atomic mass is 10.3. The van der Waals surface area contributed by atoms with Crippen molar-refractivity contribution in [2.75, 3.05) is 13.2 Å². The quantitative estimate of drug-likeness (QED) is 0.405. The lowest BCUT2D eigenvalue weighted by Crippen LogP contribution is -1.93. The minimum atomic E-state index is 0.769. The summed E-state index contributed by atoms with van der Waals surface area (Å²) >= 11 is 0. The van der Waals surface area contributed by atoms with Crippen LogP contribution >= 0.6 is 0 Å². The van der Waals surface area contributed by atoms with Crippen LogP contribution in [-0.2, 0) is 4.74 Å². The molecule has 0 aromatic heterocycles. The van der Waals surface area contributed by atoms with Crippen molar-refractivity contribution in [3.63, 3.8) is 0 Å². The summed E-state index contributed by atoms with van der Waals surface area (Å²) in [4.78, 5) is 0. The van der Waals surface area contributed by atoms with E-state index in [-0.39, 0.29) is 0 Å². The van der Waals surface area contributed by atoms with Crippen LogP contribution in [0.15, 0.2) is 12.2 Å². The van der Waals surface area contributed by atoms with Gasteiger partial charge in [-0.25, -0.2) is 0 Å². The predicted octanol–water partition coefficient (Wildman–Crippen LogP) is 2.97. The number of hydrogen-bond acceptors (Lipinski definition) is 1. The third-order valence-electron chi connectivity index (χ3n) is 1.41. The molecule has 1 radical (unpaired) electrons. The molecule has 11 heavy (non-hydrogen) atoms. The molecule has 0 amide bonds. The fourth-order valence-electron chi connectivity index (χ4n) is 0.767. The molecule has 0 aliphatic rings. The Balaban J connectivity index is 2.85. The first-order valence-electron chi connectivity index (χ1n) is 4.43. The van der Waals surface area contributed by atoms with Gasteiger partial charge in [0.05, 0.1) is 6.61 Å². The first-order valence-corrected chi connectivity index (χ1v) is 4.43. The Bertz CT molecular complexity index is 86.9. The summed E-state index contributed by atoms with van der Waals surface area (Å²) in [6, 6.07) is 0. The zero-order valence-corrected chi connectivity index (χ0v) is 7.51. The van der Waals surface area contributed by atoms with Crippen molar-refractivity contribution in [1.82, 2.24) is 0 Å². The molecule has 0 unspecified atom stereocenters. The lowest BCUT2D eigenvalue weighted by Gasteiger charge is -1.98. The van der Waals surface area contributed by atoms with E-state index >= 15 is 0 Å². The predicted molar refractivity (Wildman–Crippen MR) is 49.5 cm³/mol. The molecule has 0 aliphatic heterocycles. The molecule has 1 nitrogen and oxygen atoms in total. The molecule has 0 atom stereocenters. The monoisotopic (exact) mass is 155 g/mol. The van der Waals surface area contributed by atoms with Crippen LogP contribution in [-0.4, -0.2) is 13.2 Å². The molecule has 0 bridgehead atoms. The number of rotatable bonds is 7. The normalized spacial score (nSPS) is 11.1. The molecule has 0 rings (SSSR count). The molecule has 0 aliphatic carbocycles. The fourth-order valence-corrected chi connectivity index (χ4v) is 0.767. The summed E-state index contributed by atoms with van der Waals surface area (Å²) < 4.78 is 5.32. The standard InChI is InChI=1S/C10H19O/c1-3-5-7-9-11-10-8-6-4-2/h6,8H,1,3-5,7,9-10H2,2H3. The Morgan fingerprint density at radius 3 is 2.73 bits per heavy atom. The van der Waals surface area contributed by atoms with E-state index in [1.807, 2.05) is 0 Å². The number of unbranched alkanes of at least 4 members (excludes halogenated alkanes) is 2. The van der Waals surface area contributed by atoms with E-state index in [1.54, 1.807) is 0 Å². The maximum Gasteiger partial charge on any atom is 0.0647 e. The summed E-state index contributed by atoms with van der Waals surface area (Å²) in [7, 11) is 0. The first kappa shape index (κ1) is 10.7. The Kier molecular flexibility index (Phi) is 9.44. The summed E-state index contributed by atoms with van der Waals surface area (Å²) in [5, 5.41) is 0. The zero-order valence-electron chi connectivity index (χ0n) is 7.51. The van der Waals surface area contributed by atoms with Crippen LogP contribution in [0.3, 0.4) is 0 Å². The molecule has 0 N–H and O–H groups in total. The molecule has 0 saturated carbocycles. The van der Waals surface area contributed by atoms with Gasteiger partial charge in [0.25, 0.3) is 0 Å². The molecule has 0 heterocycles. The maximum absolute atomic E-state index is 5.32. The third kappa shape index (κ3) is 9.70. The molecular formula is C10H19O. The highest BCUT2D eigenvalue weighted by atomic mass is 16.5. The second-order valence-electron chi connectivity index (χ2n) is 2.52. The largest absolute Gasteiger partial charge is 0.377 e. The van der Waals surface area contributed by atoms with Crippen molar-refractivity contribution in [2.24, 2.45) is 0 Å². The van der Waals surface area contributed by atoms with E-state index in [0.717, 1.165) is 32.5 Å². The van der Waals surface area contributed by atoms with Gasteiger partial charge < -0.3 is 4.74 Å². The van der Waals surface area contributed by atoms with Gasteiger partial charge in [-0.3, -0.25) is 0 Å².